The molecule has 1 aliphatic carbocycles. The molecule has 0 unspecified atom stereocenters. The standard InChI is InChI=1S/C18H26N2O/c1-13-6-2-3-9-16(13)17-10-5-11-20(17)18(21)14-7-4-8-15(19)12-14/h2-3,6,9,14-15,17H,4-5,7-8,10-12,19H2,1H3/t14-,15-,17-/m0/s1. The fourth-order valence-corrected chi connectivity index (χ4v) is 4.00. The van der Waals surface area contributed by atoms with Gasteiger partial charge in [0, 0.05) is 18.5 Å². The zero-order chi connectivity index (χ0) is 14.8. The van der Waals surface area contributed by atoms with E-state index in [9.17, 15) is 4.79 Å². The van der Waals surface area contributed by atoms with Crippen molar-refractivity contribution in [2.75, 3.05) is 6.54 Å². The van der Waals surface area contributed by atoms with Crippen molar-refractivity contribution in [2.45, 2.75) is 57.5 Å². The molecule has 1 aromatic carbocycles. The second-order valence-electron chi connectivity index (χ2n) is 6.67. The maximum atomic E-state index is 12.9. The third-order valence-corrected chi connectivity index (χ3v) is 5.15. The Balaban J connectivity index is 1.77. The molecule has 0 radical (unpaired) electrons. The highest BCUT2D eigenvalue weighted by atomic mass is 16.2. The molecule has 1 amide bonds. The number of likely N-dealkylation sites (tertiary alicyclic amines) is 1. The molecule has 2 aliphatic rings. The van der Waals surface area contributed by atoms with Crippen LogP contribution < -0.4 is 5.73 Å². The smallest absolute Gasteiger partial charge is 0.226 e. The summed E-state index contributed by atoms with van der Waals surface area (Å²) in [5, 5.41) is 0. The summed E-state index contributed by atoms with van der Waals surface area (Å²) in [5.41, 5.74) is 8.68. The number of carbonyl (C=O) groups is 1. The van der Waals surface area contributed by atoms with E-state index in [2.05, 4.69) is 36.1 Å². The Labute approximate surface area is 127 Å². The zero-order valence-corrected chi connectivity index (χ0v) is 12.9. The van der Waals surface area contributed by atoms with E-state index in [1.807, 2.05) is 0 Å². The minimum Gasteiger partial charge on any atom is -0.335 e. The van der Waals surface area contributed by atoms with Crippen molar-refractivity contribution in [3.8, 4) is 0 Å². The Morgan fingerprint density at radius 3 is 2.76 bits per heavy atom. The van der Waals surface area contributed by atoms with Gasteiger partial charge in [-0.15, -0.1) is 0 Å². The molecule has 1 saturated carbocycles. The summed E-state index contributed by atoms with van der Waals surface area (Å²) < 4.78 is 0. The van der Waals surface area contributed by atoms with Crippen molar-refractivity contribution in [3.63, 3.8) is 0 Å². The van der Waals surface area contributed by atoms with E-state index in [1.54, 1.807) is 0 Å². The van der Waals surface area contributed by atoms with Crippen LogP contribution >= 0.6 is 0 Å². The van der Waals surface area contributed by atoms with Gasteiger partial charge in [0.25, 0.3) is 0 Å². The van der Waals surface area contributed by atoms with Crippen molar-refractivity contribution in [2.24, 2.45) is 11.7 Å². The molecule has 2 fully saturated rings. The van der Waals surface area contributed by atoms with Gasteiger partial charge in [-0.25, -0.2) is 0 Å². The van der Waals surface area contributed by atoms with Crippen molar-refractivity contribution in [1.29, 1.82) is 0 Å². The molecule has 1 aromatic rings. The molecule has 3 rings (SSSR count). The van der Waals surface area contributed by atoms with Gasteiger partial charge in [0.05, 0.1) is 6.04 Å². The van der Waals surface area contributed by atoms with Crippen LogP contribution in [0.2, 0.25) is 0 Å². The number of benzene rings is 1. The van der Waals surface area contributed by atoms with Crippen molar-refractivity contribution >= 4 is 5.91 Å². The number of hydrogen-bond donors (Lipinski definition) is 1. The first-order chi connectivity index (χ1) is 10.2. The lowest BCUT2D eigenvalue weighted by atomic mass is 9.85. The summed E-state index contributed by atoms with van der Waals surface area (Å²) in [6, 6.07) is 8.97. The van der Waals surface area contributed by atoms with Crippen LogP contribution in [0.1, 0.15) is 55.7 Å². The SMILES string of the molecule is Cc1ccccc1[C@@H]1CCCN1C(=O)[C@H]1CCC[C@H](N)C1. The fourth-order valence-electron chi connectivity index (χ4n) is 4.00. The Hall–Kier alpha value is -1.35. The molecule has 114 valence electrons. The highest BCUT2D eigenvalue weighted by Gasteiger charge is 2.35. The molecular weight excluding hydrogens is 260 g/mol. The second kappa shape index (κ2) is 6.18. The molecule has 3 atom stereocenters. The molecule has 0 bridgehead atoms. The molecule has 21 heavy (non-hydrogen) atoms. The fraction of sp³-hybridized carbons (Fsp3) is 0.611. The van der Waals surface area contributed by atoms with Crippen LogP contribution in [0.3, 0.4) is 0 Å². The lowest BCUT2D eigenvalue weighted by Crippen LogP contribution is -2.40. The van der Waals surface area contributed by atoms with E-state index in [-0.39, 0.29) is 18.0 Å². The number of aryl methyl sites for hydroxylation is 1. The van der Waals surface area contributed by atoms with Gasteiger partial charge >= 0.3 is 0 Å². The summed E-state index contributed by atoms with van der Waals surface area (Å²) in [6.07, 6.45) is 6.27. The van der Waals surface area contributed by atoms with Crippen LogP contribution in [0.4, 0.5) is 0 Å². The maximum absolute atomic E-state index is 12.9. The lowest BCUT2D eigenvalue weighted by molar-refractivity contribution is -0.137. The lowest BCUT2D eigenvalue weighted by Gasteiger charge is -2.33. The highest BCUT2D eigenvalue weighted by molar-refractivity contribution is 5.80. The Kier molecular flexibility index (Phi) is 4.29. The van der Waals surface area contributed by atoms with Gasteiger partial charge in [0.2, 0.25) is 5.91 Å². The van der Waals surface area contributed by atoms with E-state index in [0.29, 0.717) is 5.91 Å². The third-order valence-electron chi connectivity index (χ3n) is 5.15. The van der Waals surface area contributed by atoms with Gasteiger partial charge in [-0.3, -0.25) is 4.79 Å². The number of hydrogen-bond acceptors (Lipinski definition) is 2. The minimum atomic E-state index is 0.151. The van der Waals surface area contributed by atoms with Crippen LogP contribution in [-0.2, 0) is 4.79 Å². The molecule has 2 N–H and O–H groups in total. The maximum Gasteiger partial charge on any atom is 0.226 e. The van der Waals surface area contributed by atoms with Gasteiger partial charge in [-0.1, -0.05) is 30.7 Å². The van der Waals surface area contributed by atoms with Gasteiger partial charge in [0.15, 0.2) is 0 Å². The van der Waals surface area contributed by atoms with Crippen LogP contribution in [0, 0.1) is 12.8 Å². The van der Waals surface area contributed by atoms with Crippen molar-refractivity contribution in [3.05, 3.63) is 35.4 Å². The summed E-state index contributed by atoms with van der Waals surface area (Å²) in [4.78, 5) is 15.0. The Morgan fingerprint density at radius 2 is 2.00 bits per heavy atom. The normalized spacial score (nSPS) is 29.6. The molecule has 3 nitrogen and oxygen atoms in total. The quantitative estimate of drug-likeness (QED) is 0.907. The first kappa shape index (κ1) is 14.6. The Morgan fingerprint density at radius 1 is 1.19 bits per heavy atom. The van der Waals surface area contributed by atoms with E-state index in [1.165, 1.54) is 11.1 Å². The van der Waals surface area contributed by atoms with Crippen molar-refractivity contribution in [1.82, 2.24) is 4.90 Å². The molecule has 3 heteroatoms. The average molecular weight is 286 g/mol. The highest BCUT2D eigenvalue weighted by Crippen LogP contribution is 2.36. The number of nitrogens with two attached hydrogens (primary N) is 1. The van der Waals surface area contributed by atoms with Gasteiger partial charge < -0.3 is 10.6 Å². The van der Waals surface area contributed by atoms with Gasteiger partial charge in [-0.05, 0) is 50.2 Å². The van der Waals surface area contributed by atoms with E-state index >= 15 is 0 Å². The largest absolute Gasteiger partial charge is 0.335 e. The summed E-state index contributed by atoms with van der Waals surface area (Å²) in [7, 11) is 0. The van der Waals surface area contributed by atoms with Crippen LogP contribution in [0.15, 0.2) is 24.3 Å². The monoisotopic (exact) mass is 286 g/mol. The predicted molar refractivity (Wildman–Crippen MR) is 84.8 cm³/mol. The molecule has 0 aromatic heterocycles. The minimum absolute atomic E-state index is 0.151. The van der Waals surface area contributed by atoms with E-state index in [0.717, 1.165) is 45.1 Å². The average Bonchev–Trinajstić information content (AvgIpc) is 2.96. The molecule has 0 spiro atoms. The number of carbonyl (C=O) groups excluding carboxylic acids is 1. The molecular formula is C18H26N2O. The van der Waals surface area contributed by atoms with Gasteiger partial charge in [-0.2, -0.15) is 0 Å². The summed E-state index contributed by atoms with van der Waals surface area (Å²) in [5.74, 6) is 0.495. The molecule has 1 heterocycles. The Bertz CT molecular complexity index is 514. The van der Waals surface area contributed by atoms with Crippen LogP contribution in [-0.4, -0.2) is 23.4 Å². The van der Waals surface area contributed by atoms with Crippen LogP contribution in [0.25, 0.3) is 0 Å². The zero-order valence-electron chi connectivity index (χ0n) is 12.9. The first-order valence-corrected chi connectivity index (χ1v) is 8.28. The van der Waals surface area contributed by atoms with Crippen LogP contribution in [0.5, 0.6) is 0 Å². The third kappa shape index (κ3) is 2.98. The molecule has 1 saturated heterocycles. The number of rotatable bonds is 2. The number of amides is 1. The van der Waals surface area contributed by atoms with Crippen molar-refractivity contribution < 1.29 is 4.79 Å². The first-order valence-electron chi connectivity index (χ1n) is 8.28. The second-order valence-corrected chi connectivity index (χ2v) is 6.67. The molecule has 1 aliphatic heterocycles. The topological polar surface area (TPSA) is 46.3 Å². The van der Waals surface area contributed by atoms with E-state index < -0.39 is 0 Å². The summed E-state index contributed by atoms with van der Waals surface area (Å²) in [6.45, 7) is 3.05. The number of nitrogens with zero attached hydrogens (tertiary/aromatic N) is 1. The predicted octanol–water partition coefficient (Wildman–Crippen LogP) is 3.18. The van der Waals surface area contributed by atoms with E-state index in [4.69, 9.17) is 5.73 Å². The van der Waals surface area contributed by atoms with Gasteiger partial charge in [0.1, 0.15) is 0 Å². The summed E-state index contributed by atoms with van der Waals surface area (Å²) >= 11 is 0.